The zero-order valence-electron chi connectivity index (χ0n) is 17.5. The Morgan fingerprint density at radius 3 is 2.00 bits per heavy atom. The summed E-state index contributed by atoms with van der Waals surface area (Å²) < 4.78 is 33.3. The number of hydrogen-bond donors (Lipinski definition) is 0. The first kappa shape index (κ1) is 22.0. The zero-order valence-corrected chi connectivity index (χ0v) is 18.3. The van der Waals surface area contributed by atoms with E-state index in [0.717, 1.165) is 19.3 Å². The number of rotatable bonds is 7. The van der Waals surface area contributed by atoms with Crippen LogP contribution in [-0.2, 0) is 16.4 Å². The van der Waals surface area contributed by atoms with Gasteiger partial charge in [-0.15, -0.1) is 0 Å². The van der Waals surface area contributed by atoms with Gasteiger partial charge >= 0.3 is 0 Å². The summed E-state index contributed by atoms with van der Waals surface area (Å²) in [6.45, 7) is 1.03. The van der Waals surface area contributed by atoms with Crippen LogP contribution in [0.5, 0.6) is 11.5 Å². The number of hydrogen-bond acceptors (Lipinski definition) is 5. The summed E-state index contributed by atoms with van der Waals surface area (Å²) in [6, 6.07) is 22.3. The third-order valence-electron chi connectivity index (χ3n) is 5.69. The largest absolute Gasteiger partial charge is 0.457 e. The highest BCUT2D eigenvalue weighted by Gasteiger charge is 2.29. The number of non-ortho nitro benzene ring substituents is 1. The molecule has 4 rings (SSSR count). The fourth-order valence-corrected chi connectivity index (χ4v) is 5.37. The molecule has 3 aromatic carbocycles. The molecular formula is C24H24N2O5S. The van der Waals surface area contributed by atoms with Crippen molar-refractivity contribution in [2.45, 2.75) is 24.2 Å². The Morgan fingerprint density at radius 2 is 1.44 bits per heavy atom. The lowest BCUT2D eigenvalue weighted by Crippen LogP contribution is -2.38. The van der Waals surface area contributed by atoms with Gasteiger partial charge in [-0.1, -0.05) is 30.3 Å². The van der Waals surface area contributed by atoms with Crippen molar-refractivity contribution in [1.29, 1.82) is 0 Å². The Balaban J connectivity index is 1.36. The fraction of sp³-hybridized carbons (Fsp3) is 0.250. The van der Waals surface area contributed by atoms with Crippen LogP contribution in [0.2, 0.25) is 0 Å². The smallest absolute Gasteiger partial charge is 0.269 e. The molecule has 1 fully saturated rings. The van der Waals surface area contributed by atoms with E-state index < -0.39 is 14.9 Å². The van der Waals surface area contributed by atoms with Gasteiger partial charge in [0.05, 0.1) is 9.82 Å². The summed E-state index contributed by atoms with van der Waals surface area (Å²) in [5, 5.41) is 10.7. The highest BCUT2D eigenvalue weighted by Crippen LogP contribution is 2.28. The van der Waals surface area contributed by atoms with Crippen LogP contribution in [0.25, 0.3) is 0 Å². The third-order valence-corrected chi connectivity index (χ3v) is 7.60. The lowest BCUT2D eigenvalue weighted by molar-refractivity contribution is -0.384. The highest BCUT2D eigenvalue weighted by molar-refractivity contribution is 7.89. The predicted molar refractivity (Wildman–Crippen MR) is 121 cm³/mol. The monoisotopic (exact) mass is 452 g/mol. The van der Waals surface area contributed by atoms with Crippen LogP contribution < -0.4 is 4.74 Å². The second-order valence-electron chi connectivity index (χ2n) is 7.86. The molecule has 0 amide bonds. The first-order chi connectivity index (χ1) is 15.4. The van der Waals surface area contributed by atoms with Crippen LogP contribution in [0.4, 0.5) is 5.69 Å². The minimum atomic E-state index is -3.56. The maximum Gasteiger partial charge on any atom is 0.269 e. The first-order valence-electron chi connectivity index (χ1n) is 10.5. The Kier molecular flexibility index (Phi) is 6.53. The second-order valence-corrected chi connectivity index (χ2v) is 9.80. The Bertz CT molecular complexity index is 1160. The van der Waals surface area contributed by atoms with E-state index in [0.29, 0.717) is 30.5 Å². The Morgan fingerprint density at radius 1 is 0.875 bits per heavy atom. The molecule has 0 aromatic heterocycles. The molecular weight excluding hydrogens is 428 g/mol. The van der Waals surface area contributed by atoms with Gasteiger partial charge in [-0.2, -0.15) is 4.31 Å². The first-order valence-corrected chi connectivity index (χ1v) is 11.9. The van der Waals surface area contributed by atoms with Gasteiger partial charge in [-0.05, 0) is 67.1 Å². The molecule has 1 aliphatic rings. The number of benzene rings is 3. The maximum absolute atomic E-state index is 13.0. The molecule has 0 unspecified atom stereocenters. The Labute approximate surface area is 187 Å². The number of nitro groups is 1. The number of nitro benzene ring substituents is 1. The van der Waals surface area contributed by atoms with Crippen molar-refractivity contribution in [3.05, 3.63) is 94.5 Å². The van der Waals surface area contributed by atoms with Gasteiger partial charge in [-0.25, -0.2) is 8.42 Å². The van der Waals surface area contributed by atoms with Gasteiger partial charge in [-0.3, -0.25) is 10.1 Å². The van der Waals surface area contributed by atoms with E-state index in [1.807, 2.05) is 18.2 Å². The Hall–Kier alpha value is -3.23. The van der Waals surface area contributed by atoms with E-state index in [9.17, 15) is 18.5 Å². The van der Waals surface area contributed by atoms with Gasteiger partial charge in [0.15, 0.2) is 0 Å². The van der Waals surface area contributed by atoms with E-state index in [-0.39, 0.29) is 10.6 Å². The molecule has 8 heteroatoms. The number of ether oxygens (including phenoxy) is 1. The predicted octanol–water partition coefficient (Wildman–Crippen LogP) is 5.03. The fourth-order valence-electron chi connectivity index (χ4n) is 3.90. The van der Waals surface area contributed by atoms with Crippen LogP contribution in [0.3, 0.4) is 0 Å². The van der Waals surface area contributed by atoms with Gasteiger partial charge in [0.1, 0.15) is 11.5 Å². The normalized spacial score (nSPS) is 15.4. The van der Waals surface area contributed by atoms with Crippen molar-refractivity contribution in [3.8, 4) is 11.5 Å². The second kappa shape index (κ2) is 9.50. The molecule has 3 aromatic rings. The topological polar surface area (TPSA) is 89.7 Å². The van der Waals surface area contributed by atoms with E-state index in [1.54, 1.807) is 16.4 Å². The number of nitrogens with zero attached hydrogens (tertiary/aromatic N) is 2. The highest BCUT2D eigenvalue weighted by atomic mass is 32.2. The molecule has 0 spiro atoms. The summed E-state index contributed by atoms with van der Waals surface area (Å²) in [4.78, 5) is 10.5. The molecule has 0 aliphatic carbocycles. The van der Waals surface area contributed by atoms with E-state index >= 15 is 0 Å². The molecule has 0 bridgehead atoms. The number of piperidine rings is 1. The van der Waals surface area contributed by atoms with E-state index in [1.165, 1.54) is 42.0 Å². The SMILES string of the molecule is O=[N+]([O-])c1ccc(Oc2ccc(S(=O)(=O)N3CCC(Cc4ccccc4)CC3)cc2)cc1. The van der Waals surface area contributed by atoms with E-state index in [4.69, 9.17) is 4.74 Å². The zero-order chi connectivity index (χ0) is 22.6. The van der Waals surface area contributed by atoms with E-state index in [2.05, 4.69) is 12.1 Å². The van der Waals surface area contributed by atoms with Gasteiger partial charge < -0.3 is 4.74 Å². The molecule has 7 nitrogen and oxygen atoms in total. The minimum Gasteiger partial charge on any atom is -0.457 e. The van der Waals surface area contributed by atoms with Crippen molar-refractivity contribution in [2.75, 3.05) is 13.1 Å². The molecule has 0 radical (unpaired) electrons. The van der Waals surface area contributed by atoms with Crippen molar-refractivity contribution in [2.24, 2.45) is 5.92 Å². The molecule has 0 N–H and O–H groups in total. The van der Waals surface area contributed by atoms with Crippen LogP contribution in [0, 0.1) is 16.0 Å². The lowest BCUT2D eigenvalue weighted by Gasteiger charge is -2.31. The summed E-state index contributed by atoms with van der Waals surface area (Å²) in [6.07, 6.45) is 2.66. The quantitative estimate of drug-likeness (QED) is 0.370. The van der Waals surface area contributed by atoms with Crippen LogP contribution in [0.15, 0.2) is 83.8 Å². The lowest BCUT2D eigenvalue weighted by atomic mass is 9.91. The molecule has 32 heavy (non-hydrogen) atoms. The molecule has 0 saturated carbocycles. The molecule has 0 atom stereocenters. The molecule has 1 saturated heterocycles. The van der Waals surface area contributed by atoms with Crippen molar-refractivity contribution >= 4 is 15.7 Å². The molecule has 166 valence electrons. The van der Waals surface area contributed by atoms with Gasteiger partial charge in [0, 0.05) is 25.2 Å². The van der Waals surface area contributed by atoms with Gasteiger partial charge in [0.25, 0.3) is 5.69 Å². The number of sulfonamides is 1. The summed E-state index contributed by atoms with van der Waals surface area (Å²) in [7, 11) is -3.56. The molecule has 1 aliphatic heterocycles. The average molecular weight is 453 g/mol. The maximum atomic E-state index is 13.0. The molecule has 1 heterocycles. The summed E-state index contributed by atoms with van der Waals surface area (Å²) in [5.41, 5.74) is 1.27. The van der Waals surface area contributed by atoms with Gasteiger partial charge in [0.2, 0.25) is 10.0 Å². The van der Waals surface area contributed by atoms with Crippen molar-refractivity contribution in [1.82, 2.24) is 4.31 Å². The minimum absolute atomic E-state index is 0.0219. The summed E-state index contributed by atoms with van der Waals surface area (Å²) in [5.74, 6) is 1.38. The third kappa shape index (κ3) is 5.15. The van der Waals surface area contributed by atoms with Crippen LogP contribution >= 0.6 is 0 Å². The summed E-state index contributed by atoms with van der Waals surface area (Å²) >= 11 is 0. The van der Waals surface area contributed by atoms with Crippen LogP contribution in [0.1, 0.15) is 18.4 Å². The van der Waals surface area contributed by atoms with Crippen molar-refractivity contribution < 1.29 is 18.1 Å². The van der Waals surface area contributed by atoms with Crippen LogP contribution in [-0.4, -0.2) is 30.7 Å². The van der Waals surface area contributed by atoms with Crippen molar-refractivity contribution in [3.63, 3.8) is 0 Å². The standard InChI is InChI=1S/C24H24N2O5S/c27-26(28)21-6-8-22(9-7-21)31-23-10-12-24(13-11-23)32(29,30)25-16-14-20(15-17-25)18-19-4-2-1-3-5-19/h1-13,20H,14-18H2. The average Bonchev–Trinajstić information content (AvgIpc) is 2.81.